The van der Waals surface area contributed by atoms with E-state index in [4.69, 9.17) is 0 Å². The molecule has 1 aliphatic carbocycles. The summed E-state index contributed by atoms with van der Waals surface area (Å²) in [5, 5.41) is 24.7. The molecule has 0 unspecified atom stereocenters. The average Bonchev–Trinajstić information content (AvgIpc) is 3.52. The number of aryl methyl sites for hydroxylation is 1. The maximum atomic E-state index is 13.5. The van der Waals surface area contributed by atoms with Gasteiger partial charge in [0.15, 0.2) is 0 Å². The highest BCUT2D eigenvalue weighted by Crippen LogP contribution is 2.36. The number of nitrogens with zero attached hydrogens (tertiary/aromatic N) is 7. The second kappa shape index (κ2) is 11.0. The third-order valence-corrected chi connectivity index (χ3v) is 6.91. The number of alkyl halides is 5. The Kier molecular flexibility index (Phi) is 7.64. The minimum atomic E-state index is -4.58. The predicted molar refractivity (Wildman–Crippen MR) is 140 cm³/mol. The number of pyridine rings is 1. The van der Waals surface area contributed by atoms with Crippen LogP contribution in [0.25, 0.3) is 22.5 Å². The zero-order chi connectivity index (χ0) is 29.4. The van der Waals surface area contributed by atoms with Crippen LogP contribution in [0.15, 0.2) is 43.0 Å². The lowest BCUT2D eigenvalue weighted by molar-refractivity contribution is -0.143. The lowest BCUT2D eigenvalue weighted by atomic mass is 9.83. The zero-order valence-corrected chi connectivity index (χ0v) is 22.2. The Morgan fingerprint density at radius 3 is 2.56 bits per heavy atom. The van der Waals surface area contributed by atoms with E-state index in [-0.39, 0.29) is 17.7 Å². The average molecular weight is 578 g/mol. The van der Waals surface area contributed by atoms with Gasteiger partial charge in [0.05, 0.1) is 28.7 Å². The molecule has 41 heavy (non-hydrogen) atoms. The van der Waals surface area contributed by atoms with Crippen LogP contribution < -0.4 is 10.6 Å². The maximum Gasteiger partial charge on any atom is 0.433 e. The lowest BCUT2D eigenvalue weighted by Gasteiger charge is -2.33. The van der Waals surface area contributed by atoms with Crippen LogP contribution in [0.3, 0.4) is 0 Å². The summed E-state index contributed by atoms with van der Waals surface area (Å²) >= 11 is 0. The normalized spacial score (nSPS) is 19.5. The Hall–Kier alpha value is -4.14. The van der Waals surface area contributed by atoms with Crippen molar-refractivity contribution in [1.82, 2.24) is 34.5 Å². The molecule has 4 aromatic rings. The van der Waals surface area contributed by atoms with Gasteiger partial charge in [-0.05, 0) is 50.8 Å². The first-order chi connectivity index (χ1) is 19.4. The highest BCUT2D eigenvalue weighted by Gasteiger charge is 2.36. The number of rotatable bonds is 8. The fourth-order valence-electron chi connectivity index (χ4n) is 4.71. The highest BCUT2D eigenvalue weighted by atomic mass is 19.4. The number of halogens is 5. The molecule has 218 valence electrons. The highest BCUT2D eigenvalue weighted by molar-refractivity contribution is 5.74. The number of hydrogen-bond acceptors (Lipinski definition) is 8. The molecule has 0 spiro atoms. The SMILES string of the molecule is Cn1nc(-c2cnc(Nc3ccnc(-c4cnn(CC(F)F)c4)c3)nc2NC2CCC(C)(O)CC2)cc1C(F)(F)F. The topological polar surface area (TPSA) is 119 Å². The molecule has 0 aliphatic heterocycles. The number of nitrogens with one attached hydrogen (secondary N) is 2. The Morgan fingerprint density at radius 1 is 1.12 bits per heavy atom. The van der Waals surface area contributed by atoms with Gasteiger partial charge < -0.3 is 15.7 Å². The summed E-state index contributed by atoms with van der Waals surface area (Å²) in [5.41, 5.74) is 0.239. The van der Waals surface area contributed by atoms with Gasteiger partial charge in [-0.3, -0.25) is 14.3 Å². The van der Waals surface area contributed by atoms with E-state index in [1.807, 2.05) is 0 Å². The second-order valence-electron chi connectivity index (χ2n) is 10.3. The molecule has 1 aliphatic rings. The summed E-state index contributed by atoms with van der Waals surface area (Å²) in [6.07, 6.45) is 1.10. The fraction of sp³-hybridized carbons (Fsp3) is 0.423. The van der Waals surface area contributed by atoms with Gasteiger partial charge >= 0.3 is 6.18 Å². The summed E-state index contributed by atoms with van der Waals surface area (Å²) in [4.78, 5) is 13.2. The van der Waals surface area contributed by atoms with Crippen LogP contribution in [0.4, 0.5) is 39.4 Å². The molecule has 1 saturated carbocycles. The van der Waals surface area contributed by atoms with Crippen LogP contribution in [0, 0.1) is 0 Å². The predicted octanol–water partition coefficient (Wildman–Crippen LogP) is 5.27. The van der Waals surface area contributed by atoms with Gasteiger partial charge in [0.1, 0.15) is 18.1 Å². The Balaban J connectivity index is 1.43. The maximum absolute atomic E-state index is 13.5. The standard InChI is InChI=1S/C26H28F5N9O/c1-25(41)6-3-16(4-7-25)35-23-18(20-10-21(26(29,30)31)39(2)38-20)12-33-24(37-23)36-17-5-8-32-19(9-17)15-11-34-40(13-15)14-22(27)28/h5,8-13,16,22,41H,3-4,6-7,14H2,1-2H3,(H2,32,33,35,36,37). The van der Waals surface area contributed by atoms with Crippen molar-refractivity contribution in [1.29, 1.82) is 0 Å². The van der Waals surface area contributed by atoms with E-state index in [9.17, 15) is 27.1 Å². The first kappa shape index (κ1) is 28.4. The van der Waals surface area contributed by atoms with Gasteiger partial charge in [0.2, 0.25) is 5.95 Å². The number of aliphatic hydroxyl groups is 1. The van der Waals surface area contributed by atoms with E-state index in [1.54, 1.807) is 19.1 Å². The molecule has 0 saturated heterocycles. The second-order valence-corrected chi connectivity index (χ2v) is 10.3. The Labute approximate surface area is 231 Å². The van der Waals surface area contributed by atoms with Crippen molar-refractivity contribution in [2.24, 2.45) is 7.05 Å². The molecular formula is C26H28F5N9O. The van der Waals surface area contributed by atoms with Crippen LogP contribution in [-0.4, -0.2) is 57.7 Å². The molecule has 4 aromatic heterocycles. The van der Waals surface area contributed by atoms with E-state index >= 15 is 0 Å². The summed E-state index contributed by atoms with van der Waals surface area (Å²) in [5.74, 6) is 0.458. The first-order valence-corrected chi connectivity index (χ1v) is 12.9. The number of anilines is 3. The van der Waals surface area contributed by atoms with Crippen LogP contribution in [0.1, 0.15) is 38.3 Å². The van der Waals surface area contributed by atoms with Crippen molar-refractivity contribution in [3.63, 3.8) is 0 Å². The van der Waals surface area contributed by atoms with Gasteiger partial charge in [-0.2, -0.15) is 28.4 Å². The summed E-state index contributed by atoms with van der Waals surface area (Å²) in [6, 6.07) is 4.21. The van der Waals surface area contributed by atoms with E-state index in [0.29, 0.717) is 54.0 Å². The number of hydrogen-bond donors (Lipinski definition) is 3. The molecular weight excluding hydrogens is 549 g/mol. The van der Waals surface area contributed by atoms with Gasteiger partial charge in [0, 0.05) is 42.9 Å². The molecule has 0 atom stereocenters. The molecule has 1 fully saturated rings. The third kappa shape index (κ3) is 6.78. The first-order valence-electron chi connectivity index (χ1n) is 12.9. The van der Waals surface area contributed by atoms with Gasteiger partial charge in [-0.25, -0.2) is 13.8 Å². The van der Waals surface area contributed by atoms with Gasteiger partial charge in [-0.1, -0.05) is 0 Å². The van der Waals surface area contributed by atoms with Crippen molar-refractivity contribution in [2.75, 3.05) is 10.6 Å². The molecule has 3 N–H and O–H groups in total. The monoisotopic (exact) mass is 577 g/mol. The van der Waals surface area contributed by atoms with Gasteiger partial charge in [0.25, 0.3) is 6.43 Å². The zero-order valence-electron chi connectivity index (χ0n) is 22.2. The lowest BCUT2D eigenvalue weighted by Crippen LogP contribution is -2.36. The van der Waals surface area contributed by atoms with E-state index in [1.165, 1.54) is 31.8 Å². The van der Waals surface area contributed by atoms with Crippen LogP contribution in [0.2, 0.25) is 0 Å². The van der Waals surface area contributed by atoms with E-state index in [2.05, 4.69) is 35.8 Å². The largest absolute Gasteiger partial charge is 0.433 e. The Bertz CT molecular complexity index is 1510. The molecule has 5 rings (SSSR count). The minimum Gasteiger partial charge on any atom is -0.390 e. The van der Waals surface area contributed by atoms with Crippen molar-refractivity contribution in [3.8, 4) is 22.5 Å². The van der Waals surface area contributed by atoms with Gasteiger partial charge in [-0.15, -0.1) is 0 Å². The Morgan fingerprint density at radius 2 is 1.88 bits per heavy atom. The smallest absolute Gasteiger partial charge is 0.390 e. The summed E-state index contributed by atoms with van der Waals surface area (Å²) < 4.78 is 67.7. The van der Waals surface area contributed by atoms with Crippen molar-refractivity contribution >= 4 is 17.5 Å². The summed E-state index contributed by atoms with van der Waals surface area (Å²) in [7, 11) is 1.22. The minimum absolute atomic E-state index is 0.0590. The van der Waals surface area contributed by atoms with E-state index in [0.717, 1.165) is 15.4 Å². The van der Waals surface area contributed by atoms with Crippen molar-refractivity contribution < 1.29 is 27.1 Å². The van der Waals surface area contributed by atoms with Crippen LogP contribution in [-0.2, 0) is 19.8 Å². The van der Waals surface area contributed by atoms with Crippen molar-refractivity contribution in [3.05, 3.63) is 48.7 Å². The third-order valence-electron chi connectivity index (χ3n) is 6.91. The summed E-state index contributed by atoms with van der Waals surface area (Å²) in [6.45, 7) is 1.24. The molecule has 0 aromatic carbocycles. The molecule has 0 amide bonds. The van der Waals surface area contributed by atoms with Crippen LogP contribution in [0.5, 0.6) is 0 Å². The molecule has 0 radical (unpaired) electrons. The molecule has 4 heterocycles. The quantitative estimate of drug-likeness (QED) is 0.243. The molecule has 0 bridgehead atoms. The van der Waals surface area contributed by atoms with Crippen LogP contribution >= 0.6 is 0 Å². The molecule has 10 nitrogen and oxygen atoms in total. The number of aromatic nitrogens is 7. The molecule has 15 heteroatoms. The fourth-order valence-corrected chi connectivity index (χ4v) is 4.71. The van der Waals surface area contributed by atoms with Crippen molar-refractivity contribution in [2.45, 2.75) is 63.4 Å². The van der Waals surface area contributed by atoms with E-state index < -0.39 is 30.4 Å².